The van der Waals surface area contributed by atoms with Crippen molar-refractivity contribution in [2.45, 2.75) is 26.7 Å². The van der Waals surface area contributed by atoms with E-state index in [2.05, 4.69) is 84.6 Å². The molecule has 0 atom stereocenters. The van der Waals surface area contributed by atoms with Crippen LogP contribution in [0.5, 0.6) is 0 Å². The normalized spacial score (nSPS) is 11.2. The van der Waals surface area contributed by atoms with E-state index >= 15 is 0 Å². The molecule has 0 saturated heterocycles. The van der Waals surface area contributed by atoms with Gasteiger partial charge >= 0.3 is 0 Å². The molecule has 2 aromatic heterocycles. The van der Waals surface area contributed by atoms with Gasteiger partial charge in [-0.15, -0.1) is 11.3 Å². The minimum absolute atomic E-state index is 0.439. The number of nitrogens with zero attached hydrogens (tertiary/aromatic N) is 2. The SMILES string of the molecule is Cc1sc2ncnc(Nc3ccccc3C(C)C)c2c1-c1ccccc1. The van der Waals surface area contributed by atoms with Crippen LogP contribution < -0.4 is 5.32 Å². The fourth-order valence-corrected chi connectivity index (χ4v) is 4.35. The van der Waals surface area contributed by atoms with Gasteiger partial charge in [-0.3, -0.25) is 0 Å². The van der Waals surface area contributed by atoms with Crippen LogP contribution in [0.2, 0.25) is 0 Å². The molecule has 1 N–H and O–H groups in total. The molecule has 0 fully saturated rings. The van der Waals surface area contributed by atoms with Crippen molar-refractivity contribution in [2.75, 3.05) is 5.32 Å². The van der Waals surface area contributed by atoms with Gasteiger partial charge in [0, 0.05) is 16.1 Å². The lowest BCUT2D eigenvalue weighted by Gasteiger charge is -2.15. The van der Waals surface area contributed by atoms with Gasteiger partial charge in [-0.2, -0.15) is 0 Å². The second-order valence-corrected chi connectivity index (χ2v) is 7.87. The Morgan fingerprint density at radius 2 is 1.65 bits per heavy atom. The molecule has 0 unspecified atom stereocenters. The largest absolute Gasteiger partial charge is 0.339 e. The van der Waals surface area contributed by atoms with Crippen molar-refractivity contribution in [2.24, 2.45) is 0 Å². The molecule has 0 aliphatic rings. The summed E-state index contributed by atoms with van der Waals surface area (Å²) < 4.78 is 0. The predicted octanol–water partition coefficient (Wildman–Crippen LogP) is 6.53. The quantitative estimate of drug-likeness (QED) is 0.450. The Balaban J connectivity index is 1.90. The van der Waals surface area contributed by atoms with Gasteiger partial charge in [-0.05, 0) is 30.0 Å². The Morgan fingerprint density at radius 1 is 0.923 bits per heavy atom. The number of hydrogen-bond donors (Lipinski definition) is 1. The second kappa shape index (κ2) is 6.89. The molecule has 0 aliphatic heterocycles. The first kappa shape index (κ1) is 16.7. The van der Waals surface area contributed by atoms with Crippen LogP contribution in [0.1, 0.15) is 30.2 Å². The number of thiophene rings is 1. The maximum atomic E-state index is 4.59. The van der Waals surface area contributed by atoms with Crippen molar-refractivity contribution < 1.29 is 0 Å². The highest BCUT2D eigenvalue weighted by Crippen LogP contribution is 2.41. The van der Waals surface area contributed by atoms with Crippen LogP contribution in [0.15, 0.2) is 60.9 Å². The smallest absolute Gasteiger partial charge is 0.143 e. The van der Waals surface area contributed by atoms with E-state index < -0.39 is 0 Å². The highest BCUT2D eigenvalue weighted by molar-refractivity contribution is 7.19. The van der Waals surface area contributed by atoms with Crippen molar-refractivity contribution in [3.63, 3.8) is 0 Å². The molecule has 2 heterocycles. The highest BCUT2D eigenvalue weighted by Gasteiger charge is 2.17. The molecule has 4 rings (SSSR count). The molecule has 3 nitrogen and oxygen atoms in total. The summed E-state index contributed by atoms with van der Waals surface area (Å²) >= 11 is 1.72. The number of para-hydroxylation sites is 1. The lowest BCUT2D eigenvalue weighted by Crippen LogP contribution is -2.00. The molecule has 0 radical (unpaired) electrons. The monoisotopic (exact) mass is 359 g/mol. The average molecular weight is 359 g/mol. The molecule has 0 aliphatic carbocycles. The van der Waals surface area contributed by atoms with E-state index in [1.54, 1.807) is 17.7 Å². The number of benzene rings is 2. The zero-order valence-corrected chi connectivity index (χ0v) is 16.0. The Bertz CT molecular complexity index is 1050. The number of anilines is 2. The average Bonchev–Trinajstić information content (AvgIpc) is 2.99. The van der Waals surface area contributed by atoms with Crippen LogP contribution in [0.4, 0.5) is 11.5 Å². The van der Waals surface area contributed by atoms with Crippen LogP contribution in [-0.4, -0.2) is 9.97 Å². The fourth-order valence-electron chi connectivity index (χ4n) is 3.33. The first-order valence-corrected chi connectivity index (χ1v) is 9.62. The molecule has 0 spiro atoms. The van der Waals surface area contributed by atoms with E-state index in [1.807, 2.05) is 6.07 Å². The maximum Gasteiger partial charge on any atom is 0.143 e. The lowest BCUT2D eigenvalue weighted by molar-refractivity contribution is 0.869. The summed E-state index contributed by atoms with van der Waals surface area (Å²) in [5.41, 5.74) is 4.81. The molecule has 4 heteroatoms. The third-order valence-corrected chi connectivity index (χ3v) is 5.58. The number of aryl methyl sites for hydroxylation is 1. The van der Waals surface area contributed by atoms with Gasteiger partial charge in [0.2, 0.25) is 0 Å². The number of rotatable bonds is 4. The van der Waals surface area contributed by atoms with Gasteiger partial charge < -0.3 is 5.32 Å². The molecule has 0 saturated carbocycles. The Labute approximate surface area is 157 Å². The van der Waals surface area contributed by atoms with Crippen LogP contribution in [0.3, 0.4) is 0 Å². The third-order valence-electron chi connectivity index (χ3n) is 4.56. The molecular formula is C22H21N3S. The minimum Gasteiger partial charge on any atom is -0.339 e. The molecule has 0 amide bonds. The van der Waals surface area contributed by atoms with Crippen LogP contribution in [-0.2, 0) is 0 Å². The predicted molar refractivity (Wildman–Crippen MR) is 111 cm³/mol. The molecular weight excluding hydrogens is 338 g/mol. The van der Waals surface area contributed by atoms with Crippen LogP contribution in [0.25, 0.3) is 21.3 Å². The summed E-state index contributed by atoms with van der Waals surface area (Å²) in [7, 11) is 0. The third kappa shape index (κ3) is 2.97. The van der Waals surface area contributed by atoms with Gasteiger partial charge in [-0.1, -0.05) is 62.4 Å². The molecule has 130 valence electrons. The van der Waals surface area contributed by atoms with Crippen LogP contribution in [0, 0.1) is 6.92 Å². The first-order valence-electron chi connectivity index (χ1n) is 8.80. The summed E-state index contributed by atoms with van der Waals surface area (Å²) in [6.07, 6.45) is 1.65. The lowest BCUT2D eigenvalue weighted by atomic mass is 10.0. The van der Waals surface area contributed by atoms with Crippen molar-refractivity contribution >= 4 is 33.1 Å². The highest BCUT2D eigenvalue weighted by atomic mass is 32.1. The van der Waals surface area contributed by atoms with Crippen molar-refractivity contribution in [3.05, 3.63) is 71.4 Å². The van der Waals surface area contributed by atoms with E-state index in [0.717, 1.165) is 21.7 Å². The minimum atomic E-state index is 0.439. The fraction of sp³-hybridized carbons (Fsp3) is 0.182. The molecule has 4 aromatic rings. The summed E-state index contributed by atoms with van der Waals surface area (Å²) in [5, 5.41) is 4.67. The maximum absolute atomic E-state index is 4.59. The summed E-state index contributed by atoms with van der Waals surface area (Å²) in [6, 6.07) is 18.9. The van der Waals surface area contributed by atoms with E-state index in [9.17, 15) is 0 Å². The Hall–Kier alpha value is -2.72. The van der Waals surface area contributed by atoms with Crippen molar-refractivity contribution in [1.29, 1.82) is 0 Å². The second-order valence-electron chi connectivity index (χ2n) is 6.67. The number of hydrogen-bond acceptors (Lipinski definition) is 4. The summed E-state index contributed by atoms with van der Waals surface area (Å²) in [4.78, 5) is 11.4. The van der Waals surface area contributed by atoms with E-state index in [4.69, 9.17) is 0 Å². The Morgan fingerprint density at radius 3 is 2.42 bits per heavy atom. The van der Waals surface area contributed by atoms with E-state index in [0.29, 0.717) is 5.92 Å². The summed E-state index contributed by atoms with van der Waals surface area (Å²) in [5.74, 6) is 1.31. The van der Waals surface area contributed by atoms with Gasteiger partial charge in [0.1, 0.15) is 17.0 Å². The standard InChI is InChI=1S/C22H21N3S/c1-14(2)17-11-7-8-12-18(17)25-21-20-19(16-9-5-4-6-10-16)15(3)26-22(20)24-13-23-21/h4-14H,1-3H3,(H,23,24,25). The van der Waals surface area contributed by atoms with Crippen molar-refractivity contribution in [3.8, 4) is 11.1 Å². The zero-order valence-electron chi connectivity index (χ0n) is 15.2. The Kier molecular flexibility index (Phi) is 4.43. The van der Waals surface area contributed by atoms with Gasteiger partial charge in [0.25, 0.3) is 0 Å². The molecule has 26 heavy (non-hydrogen) atoms. The van der Waals surface area contributed by atoms with Crippen LogP contribution >= 0.6 is 11.3 Å². The summed E-state index contributed by atoms with van der Waals surface area (Å²) in [6.45, 7) is 6.57. The van der Waals surface area contributed by atoms with Gasteiger partial charge in [-0.25, -0.2) is 9.97 Å². The molecule has 0 bridgehead atoms. The number of fused-ring (bicyclic) bond motifs is 1. The number of aromatic nitrogens is 2. The number of nitrogens with one attached hydrogen (secondary N) is 1. The van der Waals surface area contributed by atoms with E-state index in [-0.39, 0.29) is 0 Å². The zero-order chi connectivity index (χ0) is 18.1. The topological polar surface area (TPSA) is 37.8 Å². The first-order chi connectivity index (χ1) is 12.6. The van der Waals surface area contributed by atoms with E-state index in [1.165, 1.54) is 21.6 Å². The molecule has 2 aromatic carbocycles. The van der Waals surface area contributed by atoms with Crippen molar-refractivity contribution in [1.82, 2.24) is 9.97 Å². The van der Waals surface area contributed by atoms with Gasteiger partial charge in [0.15, 0.2) is 0 Å². The van der Waals surface area contributed by atoms with Gasteiger partial charge in [0.05, 0.1) is 5.39 Å².